The molecular formula is C16H20N8O. The standard InChI is InChI=1S/C16H20N8O/c1-9(17)8-19-16-21-15(13(14(18)25)22-23-16)20-11-4-3-5-12-10(11)6-7-24(12)2/h3-7,9H,8,17H2,1-2H3,(H2,18,25)(H2,19,20,21,23)/t9-/m0/s1. The summed E-state index contributed by atoms with van der Waals surface area (Å²) in [4.78, 5) is 16.0. The lowest BCUT2D eigenvalue weighted by Crippen LogP contribution is -2.26. The number of amides is 1. The molecule has 0 aliphatic rings. The van der Waals surface area contributed by atoms with Gasteiger partial charge >= 0.3 is 0 Å². The molecule has 1 amide bonds. The van der Waals surface area contributed by atoms with Gasteiger partial charge < -0.3 is 26.7 Å². The summed E-state index contributed by atoms with van der Waals surface area (Å²) < 4.78 is 2.00. The highest BCUT2D eigenvalue weighted by molar-refractivity contribution is 5.99. The molecule has 3 rings (SSSR count). The molecule has 0 radical (unpaired) electrons. The van der Waals surface area contributed by atoms with Crippen LogP contribution in [0.25, 0.3) is 10.9 Å². The predicted molar refractivity (Wildman–Crippen MR) is 96.7 cm³/mol. The molecule has 0 bridgehead atoms. The SMILES string of the molecule is C[C@H](N)CNc1nnc(C(N)=O)c(Nc2cccc3c2ccn3C)n1. The first-order valence-corrected chi connectivity index (χ1v) is 7.80. The third kappa shape index (κ3) is 3.50. The van der Waals surface area contributed by atoms with E-state index >= 15 is 0 Å². The summed E-state index contributed by atoms with van der Waals surface area (Å²) in [6, 6.07) is 7.71. The van der Waals surface area contributed by atoms with Gasteiger partial charge in [-0.3, -0.25) is 4.79 Å². The summed E-state index contributed by atoms with van der Waals surface area (Å²) in [6.45, 7) is 2.33. The molecule has 9 nitrogen and oxygen atoms in total. The van der Waals surface area contributed by atoms with E-state index < -0.39 is 5.91 Å². The molecule has 130 valence electrons. The normalized spacial score (nSPS) is 12.1. The van der Waals surface area contributed by atoms with Crippen molar-refractivity contribution in [2.45, 2.75) is 13.0 Å². The summed E-state index contributed by atoms with van der Waals surface area (Å²) in [7, 11) is 1.96. The molecule has 9 heteroatoms. The summed E-state index contributed by atoms with van der Waals surface area (Å²) in [6.07, 6.45) is 1.96. The molecule has 1 atom stereocenters. The Labute approximate surface area is 144 Å². The van der Waals surface area contributed by atoms with E-state index in [2.05, 4.69) is 25.8 Å². The molecule has 0 unspecified atom stereocenters. The smallest absolute Gasteiger partial charge is 0.273 e. The number of hydrogen-bond acceptors (Lipinski definition) is 7. The average molecular weight is 340 g/mol. The van der Waals surface area contributed by atoms with E-state index in [1.807, 2.05) is 49.0 Å². The average Bonchev–Trinajstić information content (AvgIpc) is 2.95. The Bertz CT molecular complexity index is 918. The quantitative estimate of drug-likeness (QED) is 0.524. The van der Waals surface area contributed by atoms with Gasteiger partial charge in [-0.25, -0.2) is 0 Å². The lowest BCUT2D eigenvalue weighted by molar-refractivity contribution is 0.0995. The number of carbonyl (C=O) groups is 1. The fourth-order valence-electron chi connectivity index (χ4n) is 2.45. The van der Waals surface area contributed by atoms with Crippen LogP contribution in [0.2, 0.25) is 0 Å². The van der Waals surface area contributed by atoms with Gasteiger partial charge in [0.15, 0.2) is 11.5 Å². The van der Waals surface area contributed by atoms with Gasteiger partial charge in [0.2, 0.25) is 5.95 Å². The van der Waals surface area contributed by atoms with Crippen molar-refractivity contribution in [2.24, 2.45) is 18.5 Å². The Morgan fingerprint density at radius 3 is 2.84 bits per heavy atom. The van der Waals surface area contributed by atoms with Gasteiger partial charge in [-0.15, -0.1) is 10.2 Å². The van der Waals surface area contributed by atoms with Crippen LogP contribution in [0.3, 0.4) is 0 Å². The first-order valence-electron chi connectivity index (χ1n) is 7.80. The molecule has 6 N–H and O–H groups in total. The van der Waals surface area contributed by atoms with Gasteiger partial charge in [-0.05, 0) is 25.1 Å². The molecule has 25 heavy (non-hydrogen) atoms. The molecule has 0 saturated carbocycles. The topological polar surface area (TPSA) is 137 Å². The van der Waals surface area contributed by atoms with Gasteiger partial charge in [-0.1, -0.05) is 6.07 Å². The fraction of sp³-hybridized carbons (Fsp3) is 0.250. The van der Waals surface area contributed by atoms with E-state index in [0.29, 0.717) is 6.54 Å². The zero-order chi connectivity index (χ0) is 18.0. The lowest BCUT2D eigenvalue weighted by Gasteiger charge is -2.12. The van der Waals surface area contributed by atoms with Crippen LogP contribution in [0.4, 0.5) is 17.5 Å². The van der Waals surface area contributed by atoms with Crippen LogP contribution in [0, 0.1) is 0 Å². The van der Waals surface area contributed by atoms with Crippen LogP contribution in [0.5, 0.6) is 0 Å². The second kappa shape index (κ2) is 6.73. The number of nitrogens with one attached hydrogen (secondary N) is 2. The monoisotopic (exact) mass is 340 g/mol. The summed E-state index contributed by atoms with van der Waals surface area (Å²) in [5.74, 6) is -0.197. The number of hydrogen-bond donors (Lipinski definition) is 4. The highest BCUT2D eigenvalue weighted by Gasteiger charge is 2.16. The van der Waals surface area contributed by atoms with Gasteiger partial charge in [0.25, 0.3) is 5.91 Å². The number of anilines is 3. The second-order valence-electron chi connectivity index (χ2n) is 5.85. The predicted octanol–water partition coefficient (Wildman–Crippen LogP) is 0.965. The van der Waals surface area contributed by atoms with E-state index in [-0.39, 0.29) is 23.5 Å². The largest absolute Gasteiger partial charge is 0.364 e. The number of nitrogens with zero attached hydrogens (tertiary/aromatic N) is 4. The molecule has 0 spiro atoms. The number of fused-ring (bicyclic) bond motifs is 1. The molecule has 0 saturated heterocycles. The second-order valence-corrected chi connectivity index (χ2v) is 5.85. The molecule has 0 aliphatic carbocycles. The van der Waals surface area contributed by atoms with Gasteiger partial charge in [0.1, 0.15) is 0 Å². The van der Waals surface area contributed by atoms with Crippen molar-refractivity contribution < 1.29 is 4.79 Å². The number of rotatable bonds is 6. The number of carbonyl (C=O) groups excluding carboxylic acids is 1. The summed E-state index contributed by atoms with van der Waals surface area (Å²) in [5, 5.41) is 14.8. The molecule has 2 heterocycles. The maximum absolute atomic E-state index is 11.7. The summed E-state index contributed by atoms with van der Waals surface area (Å²) in [5.41, 5.74) is 12.9. The Balaban J connectivity index is 1.98. The number of aryl methyl sites for hydroxylation is 1. The Morgan fingerprint density at radius 2 is 2.12 bits per heavy atom. The molecule has 0 aliphatic heterocycles. The van der Waals surface area contributed by atoms with Gasteiger partial charge in [0.05, 0.1) is 0 Å². The Kier molecular flexibility index (Phi) is 4.48. The van der Waals surface area contributed by atoms with Crippen LogP contribution < -0.4 is 22.1 Å². The molecule has 1 aromatic carbocycles. The minimum atomic E-state index is -0.707. The van der Waals surface area contributed by atoms with E-state index in [1.165, 1.54) is 0 Å². The van der Waals surface area contributed by atoms with Crippen molar-refractivity contribution in [2.75, 3.05) is 17.2 Å². The molecule has 0 fully saturated rings. The van der Waals surface area contributed by atoms with E-state index in [4.69, 9.17) is 11.5 Å². The number of nitrogens with two attached hydrogens (primary N) is 2. The van der Waals surface area contributed by atoms with E-state index in [1.54, 1.807) is 0 Å². The first kappa shape index (κ1) is 16.7. The van der Waals surface area contributed by atoms with Crippen LogP contribution in [-0.4, -0.2) is 38.2 Å². The maximum Gasteiger partial charge on any atom is 0.273 e. The third-order valence-corrected chi connectivity index (χ3v) is 3.68. The minimum Gasteiger partial charge on any atom is -0.364 e. The zero-order valence-electron chi connectivity index (χ0n) is 14.0. The molecule has 2 aromatic heterocycles. The van der Waals surface area contributed by atoms with Gasteiger partial charge in [-0.2, -0.15) is 4.98 Å². The van der Waals surface area contributed by atoms with Crippen LogP contribution in [0.1, 0.15) is 17.4 Å². The van der Waals surface area contributed by atoms with Crippen molar-refractivity contribution in [3.63, 3.8) is 0 Å². The summed E-state index contributed by atoms with van der Waals surface area (Å²) >= 11 is 0. The van der Waals surface area contributed by atoms with Crippen molar-refractivity contribution in [1.82, 2.24) is 19.7 Å². The Hall–Kier alpha value is -3.20. The zero-order valence-corrected chi connectivity index (χ0v) is 14.0. The highest BCUT2D eigenvalue weighted by atomic mass is 16.1. The van der Waals surface area contributed by atoms with Crippen LogP contribution in [0.15, 0.2) is 30.5 Å². The van der Waals surface area contributed by atoms with Crippen LogP contribution >= 0.6 is 0 Å². The van der Waals surface area contributed by atoms with Crippen molar-refractivity contribution >= 4 is 34.3 Å². The molecular weight excluding hydrogens is 320 g/mol. The molecule has 3 aromatic rings. The fourth-order valence-corrected chi connectivity index (χ4v) is 2.45. The van der Waals surface area contributed by atoms with Crippen molar-refractivity contribution in [3.05, 3.63) is 36.2 Å². The number of primary amides is 1. The van der Waals surface area contributed by atoms with Crippen molar-refractivity contribution in [1.29, 1.82) is 0 Å². The number of benzene rings is 1. The van der Waals surface area contributed by atoms with E-state index in [9.17, 15) is 4.79 Å². The van der Waals surface area contributed by atoms with E-state index in [0.717, 1.165) is 16.6 Å². The van der Waals surface area contributed by atoms with Crippen LogP contribution in [-0.2, 0) is 7.05 Å². The van der Waals surface area contributed by atoms with Crippen molar-refractivity contribution in [3.8, 4) is 0 Å². The Morgan fingerprint density at radius 1 is 1.32 bits per heavy atom. The lowest BCUT2D eigenvalue weighted by atomic mass is 10.2. The number of aromatic nitrogens is 4. The van der Waals surface area contributed by atoms with Gasteiger partial charge in [0, 0.05) is 42.4 Å². The minimum absolute atomic E-state index is 0.0284. The third-order valence-electron chi connectivity index (χ3n) is 3.68. The highest BCUT2D eigenvalue weighted by Crippen LogP contribution is 2.27. The first-order chi connectivity index (χ1) is 12.0. The maximum atomic E-state index is 11.7.